The van der Waals surface area contributed by atoms with E-state index >= 15 is 0 Å². The number of esters is 2. The molecule has 4 rings (SSSR count). The van der Waals surface area contributed by atoms with Crippen molar-refractivity contribution in [2.24, 2.45) is 34.5 Å². The molecular formula is C25H40O4. The summed E-state index contributed by atoms with van der Waals surface area (Å²) < 4.78 is 11.6. The van der Waals surface area contributed by atoms with Crippen molar-refractivity contribution < 1.29 is 19.1 Å². The molecule has 0 amide bonds. The first-order chi connectivity index (χ1) is 13.8. The molecule has 8 atom stereocenters. The zero-order valence-electron chi connectivity index (χ0n) is 18.9. The summed E-state index contributed by atoms with van der Waals surface area (Å²) in [5.41, 5.74) is 0.556. The Labute approximate surface area is 176 Å². The van der Waals surface area contributed by atoms with Crippen molar-refractivity contribution in [1.82, 2.24) is 0 Å². The Balaban J connectivity index is 1.47. The van der Waals surface area contributed by atoms with Gasteiger partial charge in [-0.25, -0.2) is 0 Å². The van der Waals surface area contributed by atoms with Gasteiger partial charge in [-0.3, -0.25) is 9.59 Å². The largest absolute Gasteiger partial charge is 0.462 e. The first kappa shape index (κ1) is 21.2. The van der Waals surface area contributed by atoms with E-state index in [9.17, 15) is 9.59 Å². The van der Waals surface area contributed by atoms with Gasteiger partial charge in [-0.05, 0) is 86.9 Å². The predicted molar refractivity (Wildman–Crippen MR) is 112 cm³/mol. The summed E-state index contributed by atoms with van der Waals surface area (Å²) in [5.74, 6) is 2.86. The molecule has 3 unspecified atom stereocenters. The third-order valence-corrected chi connectivity index (χ3v) is 9.68. The Morgan fingerprint density at radius 2 is 1.45 bits per heavy atom. The first-order valence-electron chi connectivity index (χ1n) is 12.2. The van der Waals surface area contributed by atoms with Crippen molar-refractivity contribution in [1.29, 1.82) is 0 Å². The van der Waals surface area contributed by atoms with Crippen LogP contribution in [-0.2, 0) is 19.1 Å². The highest BCUT2D eigenvalue weighted by atomic mass is 16.5. The third-order valence-electron chi connectivity index (χ3n) is 9.68. The summed E-state index contributed by atoms with van der Waals surface area (Å²) in [4.78, 5) is 23.8. The van der Waals surface area contributed by atoms with E-state index in [1.807, 2.05) is 13.8 Å². The number of carbonyl (C=O) groups is 2. The van der Waals surface area contributed by atoms with E-state index in [1.165, 1.54) is 38.5 Å². The Morgan fingerprint density at radius 3 is 2.17 bits per heavy atom. The van der Waals surface area contributed by atoms with Crippen LogP contribution in [0.5, 0.6) is 0 Å². The van der Waals surface area contributed by atoms with Crippen molar-refractivity contribution in [3.05, 3.63) is 0 Å². The van der Waals surface area contributed by atoms with Gasteiger partial charge >= 0.3 is 11.9 Å². The lowest BCUT2D eigenvalue weighted by Gasteiger charge is -2.60. The molecule has 0 heterocycles. The van der Waals surface area contributed by atoms with Gasteiger partial charge in [-0.1, -0.05) is 27.7 Å². The zero-order chi connectivity index (χ0) is 20.8. The molecule has 0 aromatic carbocycles. The highest BCUT2D eigenvalue weighted by molar-refractivity contribution is 5.69. The van der Waals surface area contributed by atoms with Gasteiger partial charge in [0.2, 0.25) is 0 Å². The third kappa shape index (κ3) is 3.53. The van der Waals surface area contributed by atoms with E-state index in [1.54, 1.807) is 0 Å². The van der Waals surface area contributed by atoms with Crippen molar-refractivity contribution >= 4 is 11.9 Å². The van der Waals surface area contributed by atoms with Crippen LogP contribution in [0.4, 0.5) is 0 Å². The van der Waals surface area contributed by atoms with E-state index in [-0.39, 0.29) is 29.6 Å². The quantitative estimate of drug-likeness (QED) is 0.566. The second kappa shape index (κ2) is 7.89. The average molecular weight is 405 g/mol. The minimum absolute atomic E-state index is 0.0328. The molecule has 4 heteroatoms. The monoisotopic (exact) mass is 404 g/mol. The molecule has 0 N–H and O–H groups in total. The molecule has 0 bridgehead atoms. The second-order valence-electron chi connectivity index (χ2n) is 10.9. The van der Waals surface area contributed by atoms with Gasteiger partial charge < -0.3 is 9.47 Å². The summed E-state index contributed by atoms with van der Waals surface area (Å²) >= 11 is 0. The lowest BCUT2D eigenvalue weighted by molar-refractivity contribution is -0.169. The normalized spacial score (nSPS) is 46.2. The molecule has 29 heavy (non-hydrogen) atoms. The van der Waals surface area contributed by atoms with Gasteiger partial charge in [0.15, 0.2) is 0 Å². The molecule has 4 fully saturated rings. The molecule has 164 valence electrons. The molecule has 0 radical (unpaired) electrons. The number of hydrogen-bond donors (Lipinski definition) is 0. The maximum absolute atomic E-state index is 12.0. The van der Waals surface area contributed by atoms with Crippen molar-refractivity contribution in [3.8, 4) is 0 Å². The van der Waals surface area contributed by atoms with Gasteiger partial charge in [0.05, 0.1) is 0 Å². The minimum atomic E-state index is -0.0423. The summed E-state index contributed by atoms with van der Waals surface area (Å²) in [6.45, 7) is 8.72. The Hall–Kier alpha value is -1.06. The highest BCUT2D eigenvalue weighted by Gasteiger charge is 2.61. The van der Waals surface area contributed by atoms with Crippen LogP contribution >= 0.6 is 0 Å². The number of hydrogen-bond acceptors (Lipinski definition) is 4. The van der Waals surface area contributed by atoms with Gasteiger partial charge in [0.25, 0.3) is 0 Å². The van der Waals surface area contributed by atoms with Gasteiger partial charge in [0, 0.05) is 18.3 Å². The van der Waals surface area contributed by atoms with Crippen LogP contribution in [-0.4, -0.2) is 24.1 Å². The van der Waals surface area contributed by atoms with Crippen LogP contribution in [0.15, 0.2) is 0 Å². The predicted octanol–water partition coefficient (Wildman–Crippen LogP) is 5.67. The van der Waals surface area contributed by atoms with Crippen LogP contribution in [0.25, 0.3) is 0 Å². The number of ether oxygens (including phenoxy) is 2. The molecule has 0 spiro atoms. The zero-order valence-corrected chi connectivity index (χ0v) is 18.9. The molecule has 4 saturated carbocycles. The van der Waals surface area contributed by atoms with Crippen molar-refractivity contribution in [2.75, 3.05) is 0 Å². The molecular weight excluding hydrogens is 364 g/mol. The van der Waals surface area contributed by atoms with E-state index in [0.29, 0.717) is 30.1 Å². The first-order valence-corrected chi connectivity index (χ1v) is 12.2. The van der Waals surface area contributed by atoms with Crippen LogP contribution in [0.2, 0.25) is 0 Å². The van der Waals surface area contributed by atoms with E-state index in [2.05, 4.69) is 13.8 Å². The molecule has 4 aliphatic carbocycles. The topological polar surface area (TPSA) is 52.6 Å². The van der Waals surface area contributed by atoms with Crippen LogP contribution in [0.1, 0.15) is 98.3 Å². The molecule has 0 aromatic rings. The van der Waals surface area contributed by atoms with Crippen molar-refractivity contribution in [2.45, 2.75) is 111 Å². The minimum Gasteiger partial charge on any atom is -0.462 e. The molecule has 0 aromatic heterocycles. The maximum atomic E-state index is 12.0. The fourth-order valence-corrected chi connectivity index (χ4v) is 7.98. The molecule has 4 nitrogen and oxygen atoms in total. The van der Waals surface area contributed by atoms with Gasteiger partial charge in [0.1, 0.15) is 12.2 Å². The Morgan fingerprint density at radius 1 is 0.793 bits per heavy atom. The van der Waals surface area contributed by atoms with E-state index < -0.39 is 0 Å². The standard InChI is InChI=1S/C25H40O4/c1-5-22(26)28-17-11-13-24(3)16(15-17)7-8-18-19-9-10-21(29-23(27)6-2)25(19,4)14-12-20(18)24/h16-21H,5-15H2,1-4H3/t16?,17?,18-,19-,20-,21?,24-,25-/m0/s1. The molecule has 4 aliphatic rings. The molecule has 0 saturated heterocycles. The van der Waals surface area contributed by atoms with Crippen molar-refractivity contribution in [3.63, 3.8) is 0 Å². The second-order valence-corrected chi connectivity index (χ2v) is 10.9. The Bertz CT molecular complexity index is 645. The van der Waals surface area contributed by atoms with E-state index in [4.69, 9.17) is 9.47 Å². The fourth-order valence-electron chi connectivity index (χ4n) is 7.98. The number of rotatable bonds is 4. The summed E-state index contributed by atoms with van der Waals surface area (Å²) in [5, 5.41) is 0. The SMILES string of the molecule is CCC(=O)OC1CC[C@@]2(C)C(CC[C@@H]3[C@@H]2CC[C@]2(C)C(OC(=O)CC)CC[C@@H]32)C1. The molecule has 0 aliphatic heterocycles. The van der Waals surface area contributed by atoms with Crippen LogP contribution < -0.4 is 0 Å². The lowest BCUT2D eigenvalue weighted by Crippen LogP contribution is -2.54. The summed E-state index contributed by atoms with van der Waals surface area (Å²) in [7, 11) is 0. The lowest BCUT2D eigenvalue weighted by atomic mass is 9.45. The Kier molecular flexibility index (Phi) is 5.76. The number of fused-ring (bicyclic) bond motifs is 5. The summed E-state index contributed by atoms with van der Waals surface area (Å²) in [6.07, 6.45) is 11.8. The van der Waals surface area contributed by atoms with Crippen LogP contribution in [0.3, 0.4) is 0 Å². The van der Waals surface area contributed by atoms with Gasteiger partial charge in [-0.2, -0.15) is 0 Å². The van der Waals surface area contributed by atoms with Gasteiger partial charge in [-0.15, -0.1) is 0 Å². The van der Waals surface area contributed by atoms with E-state index in [0.717, 1.165) is 31.1 Å². The van der Waals surface area contributed by atoms with Crippen LogP contribution in [0, 0.1) is 34.5 Å². The highest BCUT2D eigenvalue weighted by Crippen LogP contribution is 2.66. The number of carbonyl (C=O) groups excluding carboxylic acids is 2. The fraction of sp³-hybridized carbons (Fsp3) is 0.920. The maximum Gasteiger partial charge on any atom is 0.305 e. The smallest absolute Gasteiger partial charge is 0.305 e. The average Bonchev–Trinajstić information content (AvgIpc) is 3.04. The summed E-state index contributed by atoms with van der Waals surface area (Å²) in [6, 6.07) is 0.